The summed E-state index contributed by atoms with van der Waals surface area (Å²) in [5, 5.41) is 2.90. The van der Waals surface area contributed by atoms with E-state index in [1.54, 1.807) is 0 Å². The first-order valence-electron chi connectivity index (χ1n) is 9.78. The molecule has 30 heavy (non-hydrogen) atoms. The quantitative estimate of drug-likeness (QED) is 0.275. The fourth-order valence-corrected chi connectivity index (χ4v) is 3.67. The Hall–Kier alpha value is -0.453. The molecule has 0 saturated carbocycles. The van der Waals surface area contributed by atoms with Gasteiger partial charge in [-0.25, -0.2) is 5.57 Å². The summed E-state index contributed by atoms with van der Waals surface area (Å²) >= 11 is 0. The van der Waals surface area contributed by atoms with E-state index < -0.39 is 0 Å². The number of hydrogen-bond donors (Lipinski definition) is 0. The Kier molecular flexibility index (Phi) is 21.9. The van der Waals surface area contributed by atoms with Gasteiger partial charge in [-0.05, 0) is 0 Å². The Bertz CT molecular complexity index is 694. The molecule has 0 saturated heterocycles. The van der Waals surface area contributed by atoms with Crippen LogP contribution < -0.4 is 10.4 Å². The van der Waals surface area contributed by atoms with Gasteiger partial charge in [0.05, 0.1) is 0 Å². The fourth-order valence-electron chi connectivity index (χ4n) is 2.45. The second-order valence-electron chi connectivity index (χ2n) is 7.07. The Balaban J connectivity index is -0.000000381. The summed E-state index contributed by atoms with van der Waals surface area (Å²) in [4.78, 5) is 0. The van der Waals surface area contributed by atoms with Crippen LogP contribution in [0.25, 0.3) is 5.73 Å². The minimum absolute atomic E-state index is 0. The molecule has 1 aliphatic carbocycles. The van der Waals surface area contributed by atoms with E-state index in [4.69, 9.17) is 5.73 Å². The minimum Gasteiger partial charge on any atom is -0.675 e. The van der Waals surface area contributed by atoms with Crippen LogP contribution in [0.2, 0.25) is 0 Å². The summed E-state index contributed by atoms with van der Waals surface area (Å²) < 4.78 is 0. The second-order valence-corrected chi connectivity index (χ2v) is 8.70. The number of nitrogens with one attached hydrogen (secondary N) is 1. The molecule has 0 heterocycles. The minimum atomic E-state index is 0. The van der Waals surface area contributed by atoms with E-state index in [2.05, 4.69) is 94.4 Å². The Morgan fingerprint density at radius 3 is 1.47 bits per heavy atom. The zero-order valence-corrected chi connectivity index (χ0v) is 25.4. The Labute approximate surface area is 218 Å². The van der Waals surface area contributed by atoms with Gasteiger partial charge in [-0.2, -0.15) is 11.1 Å². The summed E-state index contributed by atoms with van der Waals surface area (Å²) in [6, 6.07) is 21.5. The maximum atomic E-state index is 6.83. The third-order valence-corrected chi connectivity index (χ3v) is 6.22. The summed E-state index contributed by atoms with van der Waals surface area (Å²) in [5.41, 5.74) is 11.1. The first kappa shape index (κ1) is 34.2. The van der Waals surface area contributed by atoms with Gasteiger partial charge in [0.25, 0.3) is 0 Å². The molecule has 2 aromatic rings. The van der Waals surface area contributed by atoms with Crippen molar-refractivity contribution in [3.8, 4) is 0 Å². The van der Waals surface area contributed by atoms with Gasteiger partial charge in [0, 0.05) is 25.8 Å². The number of rotatable bonds is 3. The van der Waals surface area contributed by atoms with Crippen LogP contribution in [0.4, 0.5) is 0 Å². The Morgan fingerprint density at radius 2 is 1.27 bits per heavy atom. The van der Waals surface area contributed by atoms with E-state index >= 15 is 0 Å². The average molecular weight is 628 g/mol. The number of allylic oxidation sites excluding steroid dienone is 4. The van der Waals surface area contributed by atoms with E-state index in [0.29, 0.717) is 5.92 Å². The van der Waals surface area contributed by atoms with Crippen molar-refractivity contribution in [2.24, 2.45) is 5.92 Å². The van der Waals surface area contributed by atoms with Gasteiger partial charge in [-0.3, -0.25) is 6.08 Å². The summed E-state index contributed by atoms with van der Waals surface area (Å²) in [5.74, 6) is 0.560. The third-order valence-electron chi connectivity index (χ3n) is 4.78. The molecule has 2 atom stereocenters. The predicted molar refractivity (Wildman–Crippen MR) is 138 cm³/mol. The molecule has 0 spiro atoms. The molecule has 1 radical (unpaired) electrons. The van der Waals surface area contributed by atoms with Crippen LogP contribution in [0.3, 0.4) is 0 Å². The van der Waals surface area contributed by atoms with Crippen LogP contribution in [0.1, 0.15) is 48.0 Å². The van der Waals surface area contributed by atoms with Crippen molar-refractivity contribution in [1.82, 2.24) is 0 Å². The second kappa shape index (κ2) is 19.2. The van der Waals surface area contributed by atoms with Crippen LogP contribution in [0.15, 0.2) is 77.4 Å². The van der Waals surface area contributed by atoms with E-state index in [9.17, 15) is 0 Å². The number of benzene rings is 2. The molecule has 3 rings (SSSR count). The van der Waals surface area contributed by atoms with Crippen LogP contribution in [0, 0.1) is 12.0 Å². The molecule has 0 aliphatic heterocycles. The molecular formula is C25H36Cl2HfNSi-2. The molecule has 2 aromatic carbocycles. The zero-order valence-electron chi connectivity index (χ0n) is 19.0. The third kappa shape index (κ3) is 13.8. The molecule has 1 aliphatic rings. The number of halogens is 2. The van der Waals surface area contributed by atoms with E-state index in [-0.39, 0.29) is 66.2 Å². The SMILES string of the molecule is CC1=[C-]C(C)C(C)=C1C.CCC(C)[NH-].Cl.Cl.[Hf].c1ccc([SiH]c2ccccc2)cc1. The largest absolute Gasteiger partial charge is 0.675 e. The number of hydrogen-bond acceptors (Lipinski definition) is 0. The first-order valence-corrected chi connectivity index (χ1v) is 10.9. The first-order chi connectivity index (χ1) is 12.8. The average Bonchev–Trinajstić information content (AvgIpc) is 2.90. The van der Waals surface area contributed by atoms with Gasteiger partial charge in [0.15, 0.2) is 0 Å². The molecule has 0 aromatic heterocycles. The van der Waals surface area contributed by atoms with Gasteiger partial charge in [-0.1, -0.05) is 118 Å². The smallest absolute Gasteiger partial charge is 0.103 e. The van der Waals surface area contributed by atoms with E-state index in [1.165, 1.54) is 27.1 Å². The van der Waals surface area contributed by atoms with Gasteiger partial charge in [0.1, 0.15) is 9.52 Å². The van der Waals surface area contributed by atoms with Crippen LogP contribution in [-0.2, 0) is 25.8 Å². The normalized spacial score (nSPS) is 14.9. The van der Waals surface area contributed by atoms with Gasteiger partial charge >= 0.3 is 0 Å². The maximum absolute atomic E-state index is 6.83. The van der Waals surface area contributed by atoms with Crippen molar-refractivity contribution in [3.05, 3.63) is 89.2 Å². The van der Waals surface area contributed by atoms with E-state index in [1.807, 2.05) is 13.8 Å². The van der Waals surface area contributed by atoms with Crippen molar-refractivity contribution in [2.75, 3.05) is 0 Å². The maximum Gasteiger partial charge on any atom is 0.103 e. The molecule has 0 fully saturated rings. The van der Waals surface area contributed by atoms with E-state index in [0.717, 1.165) is 6.42 Å². The molecular weight excluding hydrogens is 592 g/mol. The van der Waals surface area contributed by atoms with Gasteiger partial charge < -0.3 is 5.73 Å². The summed E-state index contributed by atoms with van der Waals surface area (Å²) in [7, 11) is 0.271. The molecule has 1 N–H and O–H groups in total. The monoisotopic (exact) mass is 628 g/mol. The molecule has 2 unspecified atom stereocenters. The van der Waals surface area contributed by atoms with Crippen molar-refractivity contribution < 1.29 is 25.8 Å². The van der Waals surface area contributed by atoms with Crippen molar-refractivity contribution in [3.63, 3.8) is 0 Å². The summed E-state index contributed by atoms with van der Waals surface area (Å²) in [6.45, 7) is 12.6. The Morgan fingerprint density at radius 1 is 0.900 bits per heavy atom. The van der Waals surface area contributed by atoms with Crippen molar-refractivity contribution in [2.45, 2.75) is 54.0 Å². The van der Waals surface area contributed by atoms with Crippen LogP contribution in [0.5, 0.6) is 0 Å². The fraction of sp³-hybridized carbons (Fsp3) is 0.360. The van der Waals surface area contributed by atoms with Gasteiger partial charge in [0.2, 0.25) is 0 Å². The standard InChI is InChI=1S/C12H11Si.C9H13.C4H10N.2ClH.Hf/c1-3-7-11(8-4-1)13-12-9-5-2-6-10-12;1-6-5-7(2)9(4)8(6)3;1-3-4(2)5;;;/h1-10,13H;6H,1-4H3;4-5H,3H2,1-2H3;2*1H;/q;2*-1;;;. The molecule has 1 nitrogen and oxygen atoms in total. The topological polar surface area (TPSA) is 23.8 Å². The zero-order chi connectivity index (χ0) is 20.2. The van der Waals surface area contributed by atoms with Crippen molar-refractivity contribution >= 4 is 44.7 Å². The predicted octanol–water partition coefficient (Wildman–Crippen LogP) is 6.47. The molecule has 165 valence electrons. The van der Waals surface area contributed by atoms with Crippen LogP contribution in [-0.4, -0.2) is 15.6 Å². The summed E-state index contributed by atoms with van der Waals surface area (Å²) in [6.07, 6.45) is 4.33. The van der Waals surface area contributed by atoms with Gasteiger partial charge in [-0.15, -0.1) is 37.8 Å². The molecule has 5 heteroatoms. The van der Waals surface area contributed by atoms with Crippen molar-refractivity contribution in [1.29, 1.82) is 0 Å². The van der Waals surface area contributed by atoms with Crippen LogP contribution >= 0.6 is 24.8 Å². The molecule has 0 bridgehead atoms. The molecule has 0 amide bonds.